The number of rotatable bonds is 5. The lowest BCUT2D eigenvalue weighted by molar-refractivity contribution is -0.132. The van der Waals surface area contributed by atoms with Gasteiger partial charge in [-0.25, -0.2) is 5.01 Å². The zero-order valence-corrected chi connectivity index (χ0v) is 19.1. The van der Waals surface area contributed by atoms with Gasteiger partial charge in [-0.3, -0.25) is 9.59 Å². The average Bonchev–Trinajstić information content (AvgIpc) is 3.54. The molecule has 2 aliphatic rings. The van der Waals surface area contributed by atoms with E-state index >= 15 is 0 Å². The monoisotopic (exact) mass is 458 g/mol. The normalized spacial score (nSPS) is 19.3. The fourth-order valence-electron chi connectivity index (χ4n) is 4.35. The van der Waals surface area contributed by atoms with Crippen LogP contribution in [-0.4, -0.2) is 48.8 Å². The minimum absolute atomic E-state index is 0.0513. The first-order valence-electron chi connectivity index (χ1n) is 11.3. The number of likely N-dealkylation sites (N-methyl/N-ethyl adjacent to an activating group) is 1. The molecule has 1 aromatic heterocycles. The molecule has 3 heterocycles. The minimum Gasteiger partial charge on any atom is -0.477 e. The Kier molecular flexibility index (Phi) is 5.79. The van der Waals surface area contributed by atoms with E-state index in [1.807, 2.05) is 66.4 Å². The molecule has 0 saturated carbocycles. The number of anilines is 1. The highest BCUT2D eigenvalue weighted by molar-refractivity contribution is 6.03. The molecule has 0 bridgehead atoms. The van der Waals surface area contributed by atoms with Crippen LogP contribution in [0.4, 0.5) is 5.69 Å². The SMILES string of the molecule is CNC(=O)[C@H]1CN(CC(=O)N2N=C(c3ccc(C)cc3)C[C@H]2c2ccco2)c2ccccc2O1. The van der Waals surface area contributed by atoms with Crippen molar-refractivity contribution in [1.82, 2.24) is 10.3 Å². The predicted molar refractivity (Wildman–Crippen MR) is 128 cm³/mol. The van der Waals surface area contributed by atoms with Crippen molar-refractivity contribution in [3.05, 3.63) is 83.8 Å². The van der Waals surface area contributed by atoms with Gasteiger partial charge in [0, 0.05) is 13.5 Å². The third-order valence-electron chi connectivity index (χ3n) is 6.15. The minimum atomic E-state index is -0.709. The van der Waals surface area contributed by atoms with Gasteiger partial charge in [0.05, 0.1) is 30.8 Å². The molecule has 5 rings (SSSR count). The number of hydrazone groups is 1. The third-order valence-corrected chi connectivity index (χ3v) is 6.15. The number of carbonyl (C=O) groups excluding carboxylic acids is 2. The van der Waals surface area contributed by atoms with Crippen LogP contribution in [-0.2, 0) is 9.59 Å². The van der Waals surface area contributed by atoms with Gasteiger partial charge in [-0.2, -0.15) is 5.10 Å². The van der Waals surface area contributed by atoms with E-state index in [0.29, 0.717) is 17.9 Å². The zero-order chi connectivity index (χ0) is 23.7. The van der Waals surface area contributed by atoms with Crippen LogP contribution in [0.25, 0.3) is 0 Å². The number of para-hydroxylation sites is 2. The quantitative estimate of drug-likeness (QED) is 0.634. The highest BCUT2D eigenvalue weighted by Gasteiger charge is 2.37. The first-order valence-corrected chi connectivity index (χ1v) is 11.3. The van der Waals surface area contributed by atoms with Crippen LogP contribution in [0.2, 0.25) is 0 Å². The number of nitrogens with zero attached hydrogens (tertiary/aromatic N) is 3. The van der Waals surface area contributed by atoms with Crippen LogP contribution in [0.1, 0.15) is 29.3 Å². The van der Waals surface area contributed by atoms with Gasteiger partial charge >= 0.3 is 0 Å². The largest absolute Gasteiger partial charge is 0.477 e. The lowest BCUT2D eigenvalue weighted by Crippen LogP contribution is -2.50. The van der Waals surface area contributed by atoms with E-state index in [9.17, 15) is 9.59 Å². The van der Waals surface area contributed by atoms with Crippen molar-refractivity contribution in [3.63, 3.8) is 0 Å². The van der Waals surface area contributed by atoms with Gasteiger partial charge < -0.3 is 19.4 Å². The van der Waals surface area contributed by atoms with Gasteiger partial charge in [0.1, 0.15) is 17.6 Å². The number of aryl methyl sites for hydroxylation is 1. The van der Waals surface area contributed by atoms with Crippen molar-refractivity contribution in [1.29, 1.82) is 0 Å². The van der Waals surface area contributed by atoms with E-state index < -0.39 is 6.10 Å². The van der Waals surface area contributed by atoms with Crippen molar-refractivity contribution in [2.45, 2.75) is 25.5 Å². The fraction of sp³-hybridized carbons (Fsp3) is 0.269. The number of benzene rings is 2. The highest BCUT2D eigenvalue weighted by atomic mass is 16.5. The van der Waals surface area contributed by atoms with Gasteiger partial charge in [-0.05, 0) is 36.8 Å². The van der Waals surface area contributed by atoms with Crippen molar-refractivity contribution < 1.29 is 18.7 Å². The molecule has 2 aromatic carbocycles. The van der Waals surface area contributed by atoms with E-state index in [1.165, 1.54) is 5.01 Å². The molecule has 174 valence electrons. The van der Waals surface area contributed by atoms with Gasteiger partial charge in [-0.1, -0.05) is 42.0 Å². The number of hydrogen-bond acceptors (Lipinski definition) is 6. The Morgan fingerprint density at radius 1 is 1.09 bits per heavy atom. The first-order chi connectivity index (χ1) is 16.5. The number of nitrogens with one attached hydrogen (secondary N) is 1. The topological polar surface area (TPSA) is 87.4 Å². The Morgan fingerprint density at radius 2 is 1.88 bits per heavy atom. The molecule has 1 N–H and O–H groups in total. The van der Waals surface area contributed by atoms with Gasteiger partial charge in [-0.15, -0.1) is 0 Å². The van der Waals surface area contributed by atoms with Crippen molar-refractivity contribution in [2.24, 2.45) is 5.10 Å². The van der Waals surface area contributed by atoms with Crippen LogP contribution in [0.5, 0.6) is 5.75 Å². The van der Waals surface area contributed by atoms with Crippen molar-refractivity contribution >= 4 is 23.2 Å². The second-order valence-electron chi connectivity index (χ2n) is 8.46. The van der Waals surface area contributed by atoms with Crippen LogP contribution in [0.3, 0.4) is 0 Å². The summed E-state index contributed by atoms with van der Waals surface area (Å²) >= 11 is 0. The summed E-state index contributed by atoms with van der Waals surface area (Å²) in [6.45, 7) is 2.35. The number of ether oxygens (including phenoxy) is 1. The average molecular weight is 459 g/mol. The molecule has 34 heavy (non-hydrogen) atoms. The lowest BCUT2D eigenvalue weighted by Gasteiger charge is -2.35. The summed E-state index contributed by atoms with van der Waals surface area (Å²) in [6.07, 6.45) is 1.45. The maximum atomic E-state index is 13.6. The molecule has 3 aromatic rings. The molecule has 0 fully saturated rings. The van der Waals surface area contributed by atoms with Crippen LogP contribution in [0.15, 0.2) is 76.4 Å². The molecule has 8 heteroatoms. The Bertz CT molecular complexity index is 1220. The number of hydrogen-bond donors (Lipinski definition) is 1. The Hall–Kier alpha value is -4.07. The van der Waals surface area contributed by atoms with E-state index in [0.717, 1.165) is 22.5 Å². The van der Waals surface area contributed by atoms with Gasteiger partial charge in [0.15, 0.2) is 6.10 Å². The molecular formula is C26H26N4O4. The summed E-state index contributed by atoms with van der Waals surface area (Å²) in [5.74, 6) is 0.838. The van der Waals surface area contributed by atoms with Crippen molar-refractivity contribution in [3.8, 4) is 5.75 Å². The molecule has 0 radical (unpaired) electrons. The summed E-state index contributed by atoms with van der Waals surface area (Å²) in [7, 11) is 1.57. The molecule has 0 spiro atoms. The van der Waals surface area contributed by atoms with Crippen LogP contribution < -0.4 is 15.0 Å². The molecule has 0 aliphatic carbocycles. The molecule has 8 nitrogen and oxygen atoms in total. The lowest BCUT2D eigenvalue weighted by atomic mass is 10.0. The maximum Gasteiger partial charge on any atom is 0.262 e. The Morgan fingerprint density at radius 3 is 2.62 bits per heavy atom. The smallest absolute Gasteiger partial charge is 0.262 e. The molecule has 0 saturated heterocycles. The van der Waals surface area contributed by atoms with E-state index in [4.69, 9.17) is 14.3 Å². The molecule has 0 unspecified atom stereocenters. The van der Waals surface area contributed by atoms with Gasteiger partial charge in [0.25, 0.3) is 11.8 Å². The standard InChI is InChI=1S/C26H26N4O4/c1-17-9-11-18(12-10-17)19-14-21(22-8-5-13-33-22)30(28-19)25(31)16-29-15-24(26(32)27-2)34-23-7-4-3-6-20(23)29/h3-13,21,24H,14-16H2,1-2H3,(H,27,32)/t21-,24+/m0/s1. The maximum absolute atomic E-state index is 13.6. The number of amides is 2. The Balaban J connectivity index is 1.43. The van der Waals surface area contributed by atoms with Crippen LogP contribution in [0, 0.1) is 6.92 Å². The summed E-state index contributed by atoms with van der Waals surface area (Å²) in [5, 5.41) is 8.86. The fourth-order valence-corrected chi connectivity index (χ4v) is 4.35. The molecule has 2 aliphatic heterocycles. The second-order valence-corrected chi connectivity index (χ2v) is 8.46. The zero-order valence-electron chi connectivity index (χ0n) is 19.1. The predicted octanol–water partition coefficient (Wildman–Crippen LogP) is 3.28. The second kappa shape index (κ2) is 9.05. The molecule has 2 amide bonds. The summed E-state index contributed by atoms with van der Waals surface area (Å²) < 4.78 is 11.5. The highest BCUT2D eigenvalue weighted by Crippen LogP contribution is 2.36. The van der Waals surface area contributed by atoms with E-state index in [2.05, 4.69) is 5.32 Å². The number of furan rings is 1. The van der Waals surface area contributed by atoms with E-state index in [1.54, 1.807) is 19.4 Å². The summed E-state index contributed by atoms with van der Waals surface area (Å²) in [6, 6.07) is 18.9. The summed E-state index contributed by atoms with van der Waals surface area (Å²) in [5.41, 5.74) is 3.75. The van der Waals surface area contributed by atoms with Crippen LogP contribution >= 0.6 is 0 Å². The molecule has 2 atom stereocenters. The summed E-state index contributed by atoms with van der Waals surface area (Å²) in [4.78, 5) is 27.8. The van der Waals surface area contributed by atoms with Gasteiger partial charge in [0.2, 0.25) is 0 Å². The Labute approximate surface area is 197 Å². The number of carbonyl (C=O) groups is 2. The number of fused-ring (bicyclic) bond motifs is 1. The first kappa shape index (κ1) is 21.8. The third kappa shape index (κ3) is 4.14. The van der Waals surface area contributed by atoms with Crippen molar-refractivity contribution in [2.75, 3.05) is 25.0 Å². The van der Waals surface area contributed by atoms with E-state index in [-0.39, 0.29) is 30.9 Å². The molecular weight excluding hydrogens is 432 g/mol.